The summed E-state index contributed by atoms with van der Waals surface area (Å²) in [5.41, 5.74) is 1.38. The van der Waals surface area contributed by atoms with Crippen LogP contribution in [0.2, 0.25) is 0 Å². The average Bonchev–Trinajstić information content (AvgIpc) is 2.38. The third-order valence-electron chi connectivity index (χ3n) is 2.92. The minimum Gasteiger partial charge on any atom is -0.303 e. The Labute approximate surface area is 112 Å². The maximum absolute atomic E-state index is 3.55. The molecule has 1 atom stereocenters. The third kappa shape index (κ3) is 5.89. The number of benzene rings is 1. The minimum absolute atomic E-state index is 0.320. The Kier molecular flexibility index (Phi) is 7.22. The highest BCUT2D eigenvalue weighted by Crippen LogP contribution is 2.02. The molecule has 1 aromatic rings. The molecule has 1 unspecified atom stereocenters. The Morgan fingerprint density at radius 1 is 1.17 bits per heavy atom. The molecule has 1 N–H and O–H groups in total. The van der Waals surface area contributed by atoms with Gasteiger partial charge in [-0.15, -0.1) is 5.92 Å². The zero-order chi connectivity index (χ0) is 13.2. The Balaban J connectivity index is 2.37. The van der Waals surface area contributed by atoms with Crippen molar-refractivity contribution in [1.29, 1.82) is 0 Å². The monoisotopic (exact) mass is 243 g/mol. The summed E-state index contributed by atoms with van der Waals surface area (Å²) in [6.45, 7) is 7.61. The van der Waals surface area contributed by atoms with Gasteiger partial charge in [0.25, 0.3) is 0 Å². The van der Waals surface area contributed by atoms with Crippen LogP contribution in [0.3, 0.4) is 0 Å². The van der Waals surface area contributed by atoms with Gasteiger partial charge in [-0.05, 0) is 24.3 Å². The second-order valence-electron chi connectivity index (χ2n) is 4.98. The van der Waals surface area contributed by atoms with Gasteiger partial charge in [0.1, 0.15) is 0 Å². The Morgan fingerprint density at radius 3 is 2.50 bits per heavy atom. The normalized spacial score (nSPS) is 12.0. The standard InChI is InChI=1S/C17H25N/c1-4-5-7-12-17(15(2)3)18-14-13-16-10-8-6-9-11-16/h6,8-11,15,17-18H,4-5,13-14H2,1-3H3. The number of hydrogen-bond acceptors (Lipinski definition) is 1. The van der Waals surface area contributed by atoms with Gasteiger partial charge in [-0.1, -0.05) is 57.0 Å². The fraction of sp³-hybridized carbons (Fsp3) is 0.529. The van der Waals surface area contributed by atoms with Gasteiger partial charge < -0.3 is 5.32 Å². The molecule has 1 heteroatoms. The number of nitrogens with one attached hydrogen (secondary N) is 1. The van der Waals surface area contributed by atoms with Crippen molar-refractivity contribution in [2.45, 2.75) is 46.1 Å². The Morgan fingerprint density at radius 2 is 1.89 bits per heavy atom. The molecule has 0 aliphatic heterocycles. The maximum atomic E-state index is 3.55. The fourth-order valence-corrected chi connectivity index (χ4v) is 1.78. The van der Waals surface area contributed by atoms with Gasteiger partial charge in [0.05, 0.1) is 6.04 Å². The molecule has 0 saturated carbocycles. The summed E-state index contributed by atoms with van der Waals surface area (Å²) in [4.78, 5) is 0. The molecule has 0 fully saturated rings. The lowest BCUT2D eigenvalue weighted by molar-refractivity contribution is 0.479. The van der Waals surface area contributed by atoms with E-state index in [1.54, 1.807) is 0 Å². The maximum Gasteiger partial charge on any atom is 0.0712 e. The van der Waals surface area contributed by atoms with Crippen molar-refractivity contribution in [3.05, 3.63) is 35.9 Å². The Hall–Kier alpha value is -1.26. The summed E-state index contributed by atoms with van der Waals surface area (Å²) in [5.74, 6) is 7.16. The SMILES string of the molecule is CCCC#CC(NCCc1ccccc1)C(C)C. The first kappa shape index (κ1) is 14.8. The summed E-state index contributed by atoms with van der Waals surface area (Å²) in [6.07, 6.45) is 3.21. The summed E-state index contributed by atoms with van der Waals surface area (Å²) in [7, 11) is 0. The first-order chi connectivity index (χ1) is 8.74. The van der Waals surface area contributed by atoms with Crippen molar-refractivity contribution in [2.75, 3.05) is 6.54 Å². The molecule has 1 nitrogen and oxygen atoms in total. The number of hydrogen-bond donors (Lipinski definition) is 1. The zero-order valence-corrected chi connectivity index (χ0v) is 11.9. The lowest BCUT2D eigenvalue weighted by Gasteiger charge is -2.16. The summed E-state index contributed by atoms with van der Waals surface area (Å²) in [5, 5.41) is 3.55. The van der Waals surface area contributed by atoms with Gasteiger partial charge in [-0.25, -0.2) is 0 Å². The van der Waals surface area contributed by atoms with Crippen LogP contribution in [-0.2, 0) is 6.42 Å². The molecular weight excluding hydrogens is 218 g/mol. The third-order valence-corrected chi connectivity index (χ3v) is 2.92. The Bertz CT molecular complexity index is 370. The van der Waals surface area contributed by atoms with Crippen LogP contribution >= 0.6 is 0 Å². The van der Waals surface area contributed by atoms with Crippen LogP contribution in [0.25, 0.3) is 0 Å². The summed E-state index contributed by atoms with van der Waals surface area (Å²) in [6, 6.07) is 10.9. The van der Waals surface area contributed by atoms with Crippen molar-refractivity contribution in [2.24, 2.45) is 5.92 Å². The van der Waals surface area contributed by atoms with Crippen molar-refractivity contribution >= 4 is 0 Å². The van der Waals surface area contributed by atoms with E-state index in [-0.39, 0.29) is 0 Å². The second-order valence-corrected chi connectivity index (χ2v) is 4.98. The zero-order valence-electron chi connectivity index (χ0n) is 11.9. The molecule has 0 bridgehead atoms. The first-order valence-electron chi connectivity index (χ1n) is 6.99. The van der Waals surface area contributed by atoms with Gasteiger partial charge in [0.2, 0.25) is 0 Å². The molecule has 1 aromatic carbocycles. The van der Waals surface area contributed by atoms with Gasteiger partial charge >= 0.3 is 0 Å². The predicted octanol–water partition coefficient (Wildman–Crippen LogP) is 3.65. The van der Waals surface area contributed by atoms with Crippen molar-refractivity contribution < 1.29 is 0 Å². The van der Waals surface area contributed by atoms with Gasteiger partial charge in [0, 0.05) is 13.0 Å². The highest BCUT2D eigenvalue weighted by atomic mass is 14.9. The molecule has 0 saturated heterocycles. The number of unbranched alkanes of at least 4 members (excludes halogenated alkanes) is 1. The largest absolute Gasteiger partial charge is 0.303 e. The van der Waals surface area contributed by atoms with E-state index in [1.807, 2.05) is 0 Å². The van der Waals surface area contributed by atoms with Gasteiger partial charge in [-0.2, -0.15) is 0 Å². The smallest absolute Gasteiger partial charge is 0.0712 e. The fourth-order valence-electron chi connectivity index (χ4n) is 1.78. The van der Waals surface area contributed by atoms with Crippen molar-refractivity contribution in [1.82, 2.24) is 5.32 Å². The van der Waals surface area contributed by atoms with E-state index in [9.17, 15) is 0 Å². The number of rotatable bonds is 6. The molecule has 0 heterocycles. The van der Waals surface area contributed by atoms with E-state index in [4.69, 9.17) is 0 Å². The highest BCUT2D eigenvalue weighted by Gasteiger charge is 2.08. The van der Waals surface area contributed by atoms with E-state index in [0.717, 1.165) is 25.8 Å². The molecule has 0 aromatic heterocycles. The van der Waals surface area contributed by atoms with Crippen LogP contribution in [0.1, 0.15) is 39.2 Å². The van der Waals surface area contributed by atoms with E-state index in [0.29, 0.717) is 12.0 Å². The van der Waals surface area contributed by atoms with Crippen LogP contribution in [0, 0.1) is 17.8 Å². The molecular formula is C17H25N. The average molecular weight is 243 g/mol. The second kappa shape index (κ2) is 8.78. The van der Waals surface area contributed by atoms with Gasteiger partial charge in [-0.3, -0.25) is 0 Å². The van der Waals surface area contributed by atoms with Crippen molar-refractivity contribution in [3.63, 3.8) is 0 Å². The predicted molar refractivity (Wildman–Crippen MR) is 79.5 cm³/mol. The molecule has 98 valence electrons. The van der Waals surface area contributed by atoms with E-state index < -0.39 is 0 Å². The van der Waals surface area contributed by atoms with E-state index in [1.165, 1.54) is 5.56 Å². The summed E-state index contributed by atoms with van der Waals surface area (Å²) < 4.78 is 0. The van der Waals surface area contributed by atoms with E-state index >= 15 is 0 Å². The highest BCUT2D eigenvalue weighted by molar-refractivity contribution is 5.15. The topological polar surface area (TPSA) is 12.0 Å². The summed E-state index contributed by atoms with van der Waals surface area (Å²) >= 11 is 0. The molecule has 1 rings (SSSR count). The van der Waals surface area contributed by atoms with Crippen LogP contribution < -0.4 is 5.32 Å². The van der Waals surface area contributed by atoms with Crippen LogP contribution in [-0.4, -0.2) is 12.6 Å². The van der Waals surface area contributed by atoms with Crippen LogP contribution in [0.5, 0.6) is 0 Å². The lowest BCUT2D eigenvalue weighted by Crippen LogP contribution is -2.34. The molecule has 0 aliphatic carbocycles. The van der Waals surface area contributed by atoms with Crippen molar-refractivity contribution in [3.8, 4) is 11.8 Å². The van der Waals surface area contributed by atoms with E-state index in [2.05, 4.69) is 68.3 Å². The minimum atomic E-state index is 0.320. The van der Waals surface area contributed by atoms with Crippen LogP contribution in [0.15, 0.2) is 30.3 Å². The van der Waals surface area contributed by atoms with Gasteiger partial charge in [0.15, 0.2) is 0 Å². The molecule has 0 aliphatic rings. The molecule has 18 heavy (non-hydrogen) atoms. The van der Waals surface area contributed by atoms with Crippen LogP contribution in [0.4, 0.5) is 0 Å². The quantitative estimate of drug-likeness (QED) is 0.752. The molecule has 0 spiro atoms. The first-order valence-corrected chi connectivity index (χ1v) is 6.99. The lowest BCUT2D eigenvalue weighted by atomic mass is 10.0. The molecule has 0 amide bonds. The molecule has 0 radical (unpaired) electrons.